The second kappa shape index (κ2) is 11.4. The summed E-state index contributed by atoms with van der Waals surface area (Å²) in [5.41, 5.74) is 1.01. The Labute approximate surface area is 205 Å². The highest BCUT2D eigenvalue weighted by molar-refractivity contribution is 8.13. The third-order valence-electron chi connectivity index (χ3n) is 5.91. The van der Waals surface area contributed by atoms with E-state index in [1.807, 2.05) is 6.92 Å². The maximum Gasteiger partial charge on any atom is 0.277 e. The minimum Gasteiger partial charge on any atom is -0.493 e. The molecule has 8 nitrogen and oxygen atoms in total. The first-order chi connectivity index (χ1) is 16.2. The van der Waals surface area contributed by atoms with Crippen molar-refractivity contribution in [1.29, 1.82) is 0 Å². The van der Waals surface area contributed by atoms with Crippen molar-refractivity contribution < 1.29 is 13.2 Å². The molecule has 0 bridgehead atoms. The second-order valence-electron chi connectivity index (χ2n) is 8.52. The second-order valence-corrected chi connectivity index (χ2v) is 11.1. The molecule has 0 fully saturated rings. The number of aromatic amines is 1. The molecular formula is C24H33ClN4O4S. The van der Waals surface area contributed by atoms with E-state index >= 15 is 0 Å². The van der Waals surface area contributed by atoms with E-state index in [1.54, 1.807) is 11.4 Å². The van der Waals surface area contributed by atoms with Crippen LogP contribution < -0.4 is 10.3 Å². The van der Waals surface area contributed by atoms with Crippen molar-refractivity contribution >= 4 is 25.2 Å². The van der Waals surface area contributed by atoms with Crippen molar-refractivity contribution in [2.45, 2.75) is 83.5 Å². The molecule has 34 heavy (non-hydrogen) atoms. The first kappa shape index (κ1) is 26.2. The third-order valence-corrected chi connectivity index (χ3v) is 7.27. The van der Waals surface area contributed by atoms with Gasteiger partial charge in [0.25, 0.3) is 14.6 Å². The van der Waals surface area contributed by atoms with Gasteiger partial charge in [0.1, 0.15) is 11.6 Å². The molecule has 0 aliphatic heterocycles. The van der Waals surface area contributed by atoms with E-state index in [9.17, 15) is 13.2 Å². The lowest BCUT2D eigenvalue weighted by atomic mass is 9.97. The van der Waals surface area contributed by atoms with Gasteiger partial charge in [0.15, 0.2) is 11.3 Å². The van der Waals surface area contributed by atoms with Crippen LogP contribution in [0.4, 0.5) is 0 Å². The fraction of sp³-hybridized carbons (Fsp3) is 0.542. The molecule has 1 aromatic carbocycles. The van der Waals surface area contributed by atoms with Crippen molar-refractivity contribution in [3.05, 3.63) is 40.1 Å². The first-order valence-corrected chi connectivity index (χ1v) is 14.2. The topological polar surface area (TPSA) is 106 Å². The molecule has 2 heterocycles. The van der Waals surface area contributed by atoms with E-state index in [-0.39, 0.29) is 22.2 Å². The van der Waals surface area contributed by atoms with Gasteiger partial charge in [-0.1, -0.05) is 46.5 Å². The number of imidazole rings is 1. The standard InChI is InChI=1S/C24H33ClN4O4S/c1-5-8-9-10-11-17(7-3)23-26-16(4)21-24(30)27-22(28-29(21)23)19-15-18(34(25,31)32)12-13-20(19)33-14-6-2/h12-13,15,17H,5-11,14H2,1-4H3,(H,27,28,30). The van der Waals surface area contributed by atoms with Crippen molar-refractivity contribution in [1.82, 2.24) is 19.6 Å². The molecule has 2 aromatic heterocycles. The number of nitrogens with one attached hydrogen (secondary N) is 1. The maximum atomic E-state index is 13.1. The summed E-state index contributed by atoms with van der Waals surface area (Å²) in [5, 5.41) is 4.71. The molecule has 0 saturated heterocycles. The van der Waals surface area contributed by atoms with Gasteiger partial charge in [0, 0.05) is 16.6 Å². The van der Waals surface area contributed by atoms with Crippen molar-refractivity contribution in [3.63, 3.8) is 0 Å². The number of nitrogens with zero attached hydrogens (tertiary/aromatic N) is 3. The summed E-state index contributed by atoms with van der Waals surface area (Å²) in [4.78, 5) is 20.5. The highest BCUT2D eigenvalue weighted by Gasteiger charge is 2.23. The van der Waals surface area contributed by atoms with E-state index < -0.39 is 9.05 Å². The Kier molecular flexibility index (Phi) is 8.76. The number of fused-ring (bicyclic) bond motifs is 1. The summed E-state index contributed by atoms with van der Waals surface area (Å²) in [5.74, 6) is 1.52. The van der Waals surface area contributed by atoms with Gasteiger partial charge < -0.3 is 9.72 Å². The van der Waals surface area contributed by atoms with Crippen LogP contribution in [0.2, 0.25) is 0 Å². The average molecular weight is 509 g/mol. The largest absolute Gasteiger partial charge is 0.493 e. The Morgan fingerprint density at radius 3 is 2.56 bits per heavy atom. The normalized spacial score (nSPS) is 12.9. The zero-order valence-electron chi connectivity index (χ0n) is 20.2. The molecule has 0 saturated carbocycles. The van der Waals surface area contributed by atoms with Crippen LogP contribution in [0.1, 0.15) is 83.2 Å². The number of hydrogen-bond donors (Lipinski definition) is 1. The van der Waals surface area contributed by atoms with Gasteiger partial charge in [-0.3, -0.25) is 4.79 Å². The lowest BCUT2D eigenvalue weighted by Gasteiger charge is -2.15. The zero-order chi connectivity index (χ0) is 24.9. The van der Waals surface area contributed by atoms with Gasteiger partial charge in [-0.2, -0.15) is 0 Å². The summed E-state index contributed by atoms with van der Waals surface area (Å²) >= 11 is 0. The van der Waals surface area contributed by atoms with E-state index in [1.165, 1.54) is 31.0 Å². The summed E-state index contributed by atoms with van der Waals surface area (Å²) < 4.78 is 31.4. The first-order valence-electron chi connectivity index (χ1n) is 11.9. The summed E-state index contributed by atoms with van der Waals surface area (Å²) in [6.07, 6.45) is 7.21. The minimum absolute atomic E-state index is 0.0971. The van der Waals surface area contributed by atoms with Gasteiger partial charge in [-0.15, -0.1) is 5.10 Å². The zero-order valence-corrected chi connectivity index (χ0v) is 21.8. The number of hydrogen-bond acceptors (Lipinski definition) is 6. The molecule has 0 radical (unpaired) electrons. The number of aryl methyl sites for hydroxylation is 1. The van der Waals surface area contributed by atoms with Crippen LogP contribution in [0.3, 0.4) is 0 Å². The minimum atomic E-state index is -3.98. The monoisotopic (exact) mass is 508 g/mol. The molecule has 186 valence electrons. The predicted molar refractivity (Wildman–Crippen MR) is 134 cm³/mol. The molecule has 0 spiro atoms. The highest BCUT2D eigenvalue weighted by Crippen LogP contribution is 2.32. The van der Waals surface area contributed by atoms with Crippen LogP contribution in [-0.2, 0) is 9.05 Å². The Hall–Kier alpha value is -2.39. The van der Waals surface area contributed by atoms with E-state index in [0.29, 0.717) is 29.1 Å². The lowest BCUT2D eigenvalue weighted by molar-refractivity contribution is 0.318. The summed E-state index contributed by atoms with van der Waals surface area (Å²) in [7, 11) is 1.60. The van der Waals surface area contributed by atoms with Crippen molar-refractivity contribution in [2.75, 3.05) is 6.61 Å². The smallest absolute Gasteiger partial charge is 0.277 e. The Balaban J connectivity index is 2.16. The molecule has 0 aliphatic rings. The Morgan fingerprint density at radius 2 is 1.91 bits per heavy atom. The number of benzene rings is 1. The number of aromatic nitrogens is 4. The quantitative estimate of drug-likeness (QED) is 0.253. The van der Waals surface area contributed by atoms with E-state index in [4.69, 9.17) is 25.5 Å². The molecular weight excluding hydrogens is 476 g/mol. The van der Waals surface area contributed by atoms with Gasteiger partial charge in [0.2, 0.25) is 0 Å². The molecule has 1 unspecified atom stereocenters. The van der Waals surface area contributed by atoms with Gasteiger partial charge in [0.05, 0.1) is 22.8 Å². The Morgan fingerprint density at radius 1 is 1.15 bits per heavy atom. The third kappa shape index (κ3) is 5.81. The van der Waals surface area contributed by atoms with Crippen LogP contribution in [0, 0.1) is 6.92 Å². The lowest BCUT2D eigenvalue weighted by Crippen LogP contribution is -2.17. The molecule has 3 rings (SSSR count). The van der Waals surface area contributed by atoms with Crippen LogP contribution >= 0.6 is 10.7 Å². The molecule has 0 aliphatic carbocycles. The average Bonchev–Trinajstić information content (AvgIpc) is 3.13. The fourth-order valence-corrected chi connectivity index (χ4v) is 4.87. The molecule has 1 N–H and O–H groups in total. The molecule has 1 atom stereocenters. The summed E-state index contributed by atoms with van der Waals surface area (Å²) in [6.45, 7) is 8.49. The number of halogens is 1. The van der Waals surface area contributed by atoms with E-state index in [0.717, 1.165) is 37.9 Å². The Bertz CT molecular complexity index is 1300. The van der Waals surface area contributed by atoms with Crippen LogP contribution in [0.5, 0.6) is 5.75 Å². The summed E-state index contributed by atoms with van der Waals surface area (Å²) in [6, 6.07) is 4.29. The van der Waals surface area contributed by atoms with Crippen LogP contribution in [-0.4, -0.2) is 34.6 Å². The van der Waals surface area contributed by atoms with Crippen LogP contribution in [0.15, 0.2) is 27.9 Å². The predicted octanol–water partition coefficient (Wildman–Crippen LogP) is 5.57. The van der Waals surface area contributed by atoms with Gasteiger partial charge in [-0.05, 0) is 44.4 Å². The maximum absolute atomic E-state index is 13.1. The molecule has 3 aromatic rings. The molecule has 0 amide bonds. The number of H-pyrrole nitrogens is 1. The van der Waals surface area contributed by atoms with Crippen molar-refractivity contribution in [2.24, 2.45) is 0 Å². The van der Waals surface area contributed by atoms with Crippen LogP contribution in [0.25, 0.3) is 16.9 Å². The van der Waals surface area contributed by atoms with Gasteiger partial charge >= 0.3 is 0 Å². The number of unbranched alkanes of at least 4 members (excludes halogenated alkanes) is 3. The number of ether oxygens (including phenoxy) is 1. The van der Waals surface area contributed by atoms with E-state index in [2.05, 4.69) is 18.8 Å². The molecule has 10 heteroatoms. The van der Waals surface area contributed by atoms with Crippen molar-refractivity contribution in [3.8, 4) is 17.1 Å². The SMILES string of the molecule is CCCCCCC(CC)c1nc(C)c2c(=O)[nH]c(-c3cc(S(=O)(=O)Cl)ccc3OCCC)nn12. The number of rotatable bonds is 12. The highest BCUT2D eigenvalue weighted by atomic mass is 35.7. The fourth-order valence-electron chi connectivity index (χ4n) is 4.10. The van der Waals surface area contributed by atoms with Gasteiger partial charge in [-0.25, -0.2) is 17.9 Å².